The minimum Gasteiger partial charge on any atom is -0.397 e. The normalized spacial score (nSPS) is 10.4. The summed E-state index contributed by atoms with van der Waals surface area (Å²) in [6.07, 6.45) is 0. The zero-order chi connectivity index (χ0) is 15.4. The van der Waals surface area contributed by atoms with Crippen molar-refractivity contribution in [3.05, 3.63) is 23.8 Å². The van der Waals surface area contributed by atoms with E-state index in [1.165, 1.54) is 23.1 Å². The SMILES string of the molecule is Cc1cccc(N)c1NC(=O)CSc1nnc(N(C)C)s1. The van der Waals surface area contributed by atoms with Gasteiger partial charge >= 0.3 is 0 Å². The molecule has 8 heteroatoms. The second-order valence-corrected chi connectivity index (χ2v) is 6.80. The second-order valence-electron chi connectivity index (χ2n) is 4.62. The van der Waals surface area contributed by atoms with Crippen molar-refractivity contribution < 1.29 is 4.79 Å². The molecule has 1 heterocycles. The fraction of sp³-hybridized carbons (Fsp3) is 0.308. The first-order valence-electron chi connectivity index (χ1n) is 6.26. The minimum atomic E-state index is -0.109. The average molecular weight is 323 g/mol. The van der Waals surface area contributed by atoms with E-state index in [9.17, 15) is 4.79 Å². The maximum Gasteiger partial charge on any atom is 0.234 e. The fourth-order valence-corrected chi connectivity index (χ4v) is 3.17. The summed E-state index contributed by atoms with van der Waals surface area (Å²) < 4.78 is 0.770. The van der Waals surface area contributed by atoms with Crippen LogP contribution in [0, 0.1) is 6.92 Å². The zero-order valence-corrected chi connectivity index (χ0v) is 13.7. The molecule has 0 aliphatic rings. The van der Waals surface area contributed by atoms with Crippen molar-refractivity contribution in [2.75, 3.05) is 35.8 Å². The lowest BCUT2D eigenvalue weighted by Gasteiger charge is -2.10. The van der Waals surface area contributed by atoms with E-state index in [1.54, 1.807) is 6.07 Å². The Hall–Kier alpha value is -1.80. The van der Waals surface area contributed by atoms with E-state index in [4.69, 9.17) is 5.73 Å². The first-order chi connectivity index (χ1) is 9.97. The number of nitrogens with two attached hydrogens (primary N) is 1. The van der Waals surface area contributed by atoms with Crippen molar-refractivity contribution in [2.24, 2.45) is 0 Å². The van der Waals surface area contributed by atoms with Gasteiger partial charge in [0, 0.05) is 14.1 Å². The van der Waals surface area contributed by atoms with Gasteiger partial charge in [-0.1, -0.05) is 35.2 Å². The Morgan fingerprint density at radius 2 is 2.19 bits per heavy atom. The molecular weight excluding hydrogens is 306 g/mol. The van der Waals surface area contributed by atoms with Gasteiger partial charge in [0.2, 0.25) is 11.0 Å². The van der Waals surface area contributed by atoms with Gasteiger partial charge in [-0.05, 0) is 18.6 Å². The van der Waals surface area contributed by atoms with Gasteiger partial charge in [0.25, 0.3) is 0 Å². The molecule has 2 aromatic rings. The molecular formula is C13H17N5OS2. The van der Waals surface area contributed by atoms with E-state index >= 15 is 0 Å². The number of nitrogen functional groups attached to an aromatic ring is 1. The van der Waals surface area contributed by atoms with Gasteiger partial charge in [0.05, 0.1) is 17.1 Å². The average Bonchev–Trinajstić information content (AvgIpc) is 2.90. The zero-order valence-electron chi connectivity index (χ0n) is 12.1. The van der Waals surface area contributed by atoms with Crippen LogP contribution in [0.15, 0.2) is 22.5 Å². The van der Waals surface area contributed by atoms with Gasteiger partial charge < -0.3 is 16.0 Å². The highest BCUT2D eigenvalue weighted by Gasteiger charge is 2.11. The molecule has 0 spiro atoms. The Balaban J connectivity index is 1.93. The number of hydrogen-bond acceptors (Lipinski definition) is 7. The maximum atomic E-state index is 12.0. The molecule has 0 saturated heterocycles. The summed E-state index contributed by atoms with van der Waals surface area (Å²) >= 11 is 2.82. The summed E-state index contributed by atoms with van der Waals surface area (Å²) in [5.41, 5.74) is 8.05. The van der Waals surface area contributed by atoms with Crippen molar-refractivity contribution in [1.82, 2.24) is 10.2 Å². The molecule has 21 heavy (non-hydrogen) atoms. The molecule has 1 aromatic carbocycles. The summed E-state index contributed by atoms with van der Waals surface area (Å²) in [6.45, 7) is 1.91. The lowest BCUT2D eigenvalue weighted by Crippen LogP contribution is -2.16. The van der Waals surface area contributed by atoms with Gasteiger partial charge in [-0.2, -0.15) is 0 Å². The topological polar surface area (TPSA) is 84.1 Å². The fourth-order valence-electron chi connectivity index (χ4n) is 1.61. The number of thioether (sulfide) groups is 1. The quantitative estimate of drug-likeness (QED) is 0.648. The van der Waals surface area contributed by atoms with Crippen molar-refractivity contribution in [3.8, 4) is 0 Å². The highest BCUT2D eigenvalue weighted by atomic mass is 32.2. The van der Waals surface area contributed by atoms with Gasteiger partial charge in [-0.3, -0.25) is 4.79 Å². The van der Waals surface area contributed by atoms with Crippen LogP contribution in [0.5, 0.6) is 0 Å². The Labute approximate surface area is 131 Å². The number of carbonyl (C=O) groups excluding carboxylic acids is 1. The monoisotopic (exact) mass is 323 g/mol. The van der Waals surface area contributed by atoms with E-state index in [1.807, 2.05) is 38.1 Å². The van der Waals surface area contributed by atoms with Gasteiger partial charge in [0.1, 0.15) is 0 Å². The van der Waals surface area contributed by atoms with Crippen LogP contribution >= 0.6 is 23.1 Å². The Bertz CT molecular complexity index is 621. The van der Waals surface area contributed by atoms with Crippen LogP contribution in [0.2, 0.25) is 0 Å². The molecule has 112 valence electrons. The van der Waals surface area contributed by atoms with Crippen LogP contribution < -0.4 is 16.0 Å². The summed E-state index contributed by atoms with van der Waals surface area (Å²) in [7, 11) is 3.81. The van der Waals surface area contributed by atoms with E-state index in [2.05, 4.69) is 15.5 Å². The number of carbonyl (C=O) groups is 1. The highest BCUT2D eigenvalue weighted by Crippen LogP contribution is 2.27. The van der Waals surface area contributed by atoms with Crippen molar-refractivity contribution in [2.45, 2.75) is 11.3 Å². The number of nitrogens with zero attached hydrogens (tertiary/aromatic N) is 3. The number of nitrogens with one attached hydrogen (secondary N) is 1. The van der Waals surface area contributed by atoms with Gasteiger partial charge in [0.15, 0.2) is 4.34 Å². The number of hydrogen-bond donors (Lipinski definition) is 2. The maximum absolute atomic E-state index is 12.0. The van der Waals surface area contributed by atoms with Gasteiger partial charge in [-0.25, -0.2) is 0 Å². The third kappa shape index (κ3) is 4.08. The molecule has 0 bridgehead atoms. The van der Waals surface area contributed by atoms with Crippen LogP contribution in [-0.2, 0) is 4.79 Å². The number of benzene rings is 1. The lowest BCUT2D eigenvalue weighted by atomic mass is 10.1. The van der Waals surface area contributed by atoms with Crippen LogP contribution in [-0.4, -0.2) is 36.0 Å². The molecule has 2 rings (SSSR count). The van der Waals surface area contributed by atoms with E-state index < -0.39 is 0 Å². The Morgan fingerprint density at radius 3 is 2.81 bits per heavy atom. The smallest absolute Gasteiger partial charge is 0.234 e. The molecule has 0 radical (unpaired) electrons. The van der Waals surface area contributed by atoms with Crippen LogP contribution in [0.1, 0.15) is 5.56 Å². The highest BCUT2D eigenvalue weighted by molar-refractivity contribution is 8.01. The summed E-state index contributed by atoms with van der Waals surface area (Å²) in [5, 5.41) is 11.7. The van der Waals surface area contributed by atoms with Crippen molar-refractivity contribution in [1.29, 1.82) is 0 Å². The number of amides is 1. The first-order valence-corrected chi connectivity index (χ1v) is 8.06. The third-order valence-corrected chi connectivity index (χ3v) is 4.90. The van der Waals surface area contributed by atoms with E-state index in [0.717, 1.165) is 15.0 Å². The van der Waals surface area contributed by atoms with E-state index in [-0.39, 0.29) is 11.7 Å². The summed E-state index contributed by atoms with van der Waals surface area (Å²) in [4.78, 5) is 13.9. The Morgan fingerprint density at radius 1 is 1.43 bits per heavy atom. The molecule has 1 amide bonds. The second kappa shape index (κ2) is 6.77. The number of aromatic nitrogens is 2. The van der Waals surface area contributed by atoms with Crippen LogP contribution in [0.25, 0.3) is 0 Å². The lowest BCUT2D eigenvalue weighted by molar-refractivity contribution is -0.113. The number of aryl methyl sites for hydroxylation is 1. The molecule has 6 nitrogen and oxygen atoms in total. The standard InChI is InChI=1S/C13H17N5OS2/c1-8-5-4-6-9(14)11(8)15-10(19)7-20-13-17-16-12(21-13)18(2)3/h4-6H,7,14H2,1-3H3,(H,15,19). The molecule has 0 fully saturated rings. The molecule has 3 N–H and O–H groups in total. The first kappa shape index (κ1) is 15.6. The van der Waals surface area contributed by atoms with Crippen molar-refractivity contribution in [3.63, 3.8) is 0 Å². The Kier molecular flexibility index (Phi) is 5.03. The largest absolute Gasteiger partial charge is 0.397 e. The van der Waals surface area contributed by atoms with Gasteiger partial charge in [-0.15, -0.1) is 10.2 Å². The molecule has 0 aliphatic carbocycles. The summed E-state index contributed by atoms with van der Waals surface area (Å²) in [5.74, 6) is 0.165. The van der Waals surface area contributed by atoms with Crippen LogP contribution in [0.4, 0.5) is 16.5 Å². The van der Waals surface area contributed by atoms with Crippen molar-refractivity contribution >= 4 is 45.5 Å². The van der Waals surface area contributed by atoms with E-state index in [0.29, 0.717) is 11.4 Å². The number of anilines is 3. The van der Waals surface area contributed by atoms with Crippen LogP contribution in [0.3, 0.4) is 0 Å². The molecule has 0 atom stereocenters. The minimum absolute atomic E-state index is 0.109. The molecule has 1 aromatic heterocycles. The summed E-state index contributed by atoms with van der Waals surface area (Å²) in [6, 6.07) is 5.54. The number of para-hydroxylation sites is 1. The predicted octanol–water partition coefficient (Wildman–Crippen LogP) is 2.23. The predicted molar refractivity (Wildman–Crippen MR) is 89.2 cm³/mol. The molecule has 0 saturated carbocycles. The molecule has 0 aliphatic heterocycles. The number of rotatable bonds is 5. The third-order valence-electron chi connectivity index (χ3n) is 2.67. The molecule has 0 unspecified atom stereocenters.